The lowest BCUT2D eigenvalue weighted by atomic mass is 10.2. The Hall–Kier alpha value is -3.87. The number of aromatic nitrogens is 2. The molecule has 1 aliphatic rings. The molecule has 0 saturated heterocycles. The molecule has 4 rings (SSSR count). The van der Waals surface area contributed by atoms with E-state index in [9.17, 15) is 9.59 Å². The summed E-state index contributed by atoms with van der Waals surface area (Å²) in [5, 5.41) is 4.30. The molecule has 0 saturated carbocycles. The lowest BCUT2D eigenvalue weighted by Gasteiger charge is -2.24. The highest BCUT2D eigenvalue weighted by molar-refractivity contribution is 6.05. The molecular weight excluding hydrogens is 406 g/mol. The first-order valence-corrected chi connectivity index (χ1v) is 10.7. The Morgan fingerprint density at radius 1 is 1.06 bits per heavy atom. The number of amides is 1. The summed E-state index contributed by atoms with van der Waals surface area (Å²) in [7, 11) is 0. The number of fused-ring (bicyclic) bond motifs is 1. The SMILES string of the molecule is CCCn1nc(C(=O)N(CC=Cc2ccccc2)c2ccc3c(c2)OCCO3)ccc1=O. The van der Waals surface area contributed by atoms with Gasteiger partial charge in [0.15, 0.2) is 11.5 Å². The van der Waals surface area contributed by atoms with Crippen LogP contribution in [0.5, 0.6) is 11.5 Å². The molecule has 1 aromatic heterocycles. The van der Waals surface area contributed by atoms with Gasteiger partial charge in [-0.05, 0) is 30.2 Å². The highest BCUT2D eigenvalue weighted by atomic mass is 16.6. The van der Waals surface area contributed by atoms with Gasteiger partial charge in [-0.2, -0.15) is 5.10 Å². The molecule has 7 nitrogen and oxygen atoms in total. The summed E-state index contributed by atoms with van der Waals surface area (Å²) in [4.78, 5) is 27.1. The van der Waals surface area contributed by atoms with E-state index in [4.69, 9.17) is 9.47 Å². The highest BCUT2D eigenvalue weighted by Crippen LogP contribution is 2.34. The van der Waals surface area contributed by atoms with Crippen LogP contribution >= 0.6 is 0 Å². The molecule has 0 spiro atoms. The van der Waals surface area contributed by atoms with Gasteiger partial charge >= 0.3 is 0 Å². The minimum Gasteiger partial charge on any atom is -0.486 e. The van der Waals surface area contributed by atoms with E-state index in [1.165, 1.54) is 16.8 Å². The van der Waals surface area contributed by atoms with Crippen LogP contribution in [0.1, 0.15) is 29.4 Å². The van der Waals surface area contributed by atoms with E-state index in [0.717, 1.165) is 12.0 Å². The van der Waals surface area contributed by atoms with E-state index in [1.54, 1.807) is 17.0 Å². The predicted octanol–water partition coefficient (Wildman–Crippen LogP) is 3.78. The first kappa shape index (κ1) is 21.4. The monoisotopic (exact) mass is 431 g/mol. The van der Waals surface area contributed by atoms with Crippen molar-refractivity contribution >= 4 is 17.7 Å². The van der Waals surface area contributed by atoms with Crippen molar-refractivity contribution in [1.82, 2.24) is 9.78 Å². The van der Waals surface area contributed by atoms with Crippen molar-refractivity contribution in [2.24, 2.45) is 0 Å². The Morgan fingerprint density at radius 3 is 2.62 bits per heavy atom. The summed E-state index contributed by atoms with van der Waals surface area (Å²) in [6.45, 7) is 3.69. The zero-order valence-electron chi connectivity index (χ0n) is 17.9. The average molecular weight is 431 g/mol. The zero-order valence-corrected chi connectivity index (χ0v) is 17.9. The Balaban J connectivity index is 1.67. The number of hydrogen-bond acceptors (Lipinski definition) is 5. The van der Waals surface area contributed by atoms with Crippen molar-refractivity contribution in [2.45, 2.75) is 19.9 Å². The van der Waals surface area contributed by atoms with Crippen LogP contribution in [-0.2, 0) is 6.54 Å². The van der Waals surface area contributed by atoms with Gasteiger partial charge in [-0.25, -0.2) is 4.68 Å². The second kappa shape index (κ2) is 9.96. The average Bonchev–Trinajstić information content (AvgIpc) is 2.83. The maximum Gasteiger partial charge on any atom is 0.279 e. The molecule has 164 valence electrons. The van der Waals surface area contributed by atoms with Gasteiger partial charge in [-0.3, -0.25) is 9.59 Å². The third-order valence-electron chi connectivity index (χ3n) is 5.00. The fourth-order valence-electron chi connectivity index (χ4n) is 3.44. The summed E-state index contributed by atoms with van der Waals surface area (Å²) in [5.41, 5.74) is 1.68. The first-order valence-electron chi connectivity index (χ1n) is 10.7. The molecule has 0 atom stereocenters. The van der Waals surface area contributed by atoms with Crippen LogP contribution < -0.4 is 19.9 Å². The van der Waals surface area contributed by atoms with Crippen LogP contribution in [0.15, 0.2) is 71.5 Å². The van der Waals surface area contributed by atoms with Crippen molar-refractivity contribution in [2.75, 3.05) is 24.7 Å². The number of benzene rings is 2. The molecule has 0 bridgehead atoms. The fraction of sp³-hybridized carbons (Fsp3) is 0.240. The molecular formula is C25H25N3O4. The van der Waals surface area contributed by atoms with Crippen molar-refractivity contribution in [3.05, 3.63) is 88.4 Å². The quantitative estimate of drug-likeness (QED) is 0.569. The van der Waals surface area contributed by atoms with Gasteiger partial charge in [0.25, 0.3) is 11.5 Å². The molecule has 2 heterocycles. The van der Waals surface area contributed by atoms with Crippen LogP contribution in [0.4, 0.5) is 5.69 Å². The molecule has 0 radical (unpaired) electrons. The number of rotatable bonds is 7. The maximum atomic E-state index is 13.5. The zero-order chi connectivity index (χ0) is 22.3. The summed E-state index contributed by atoms with van der Waals surface area (Å²) < 4.78 is 12.6. The standard InChI is InChI=1S/C25H25N3O4/c1-2-14-28-24(29)13-11-21(26-28)25(30)27(15-6-9-19-7-4-3-5-8-19)20-10-12-22-23(18-20)32-17-16-31-22/h3-13,18H,2,14-17H2,1H3. The molecule has 0 fully saturated rings. The number of hydrogen-bond donors (Lipinski definition) is 0. The Morgan fingerprint density at radius 2 is 1.84 bits per heavy atom. The van der Waals surface area contributed by atoms with Crippen LogP contribution in [0, 0.1) is 0 Å². The topological polar surface area (TPSA) is 73.7 Å². The molecule has 0 aliphatic carbocycles. The highest BCUT2D eigenvalue weighted by Gasteiger charge is 2.22. The Labute approximate surface area is 186 Å². The van der Waals surface area contributed by atoms with Crippen molar-refractivity contribution in [1.29, 1.82) is 0 Å². The van der Waals surface area contributed by atoms with E-state index in [2.05, 4.69) is 5.10 Å². The molecule has 3 aromatic rings. The molecule has 7 heteroatoms. The number of carbonyl (C=O) groups is 1. The number of anilines is 1. The van der Waals surface area contributed by atoms with Crippen molar-refractivity contribution in [3.8, 4) is 11.5 Å². The van der Waals surface area contributed by atoms with Crippen molar-refractivity contribution in [3.63, 3.8) is 0 Å². The Bertz CT molecular complexity index is 1170. The fourth-order valence-corrected chi connectivity index (χ4v) is 3.44. The van der Waals surface area contributed by atoms with Crippen molar-refractivity contribution < 1.29 is 14.3 Å². The van der Waals surface area contributed by atoms with E-state index in [-0.39, 0.29) is 17.2 Å². The minimum atomic E-state index is -0.302. The van der Waals surface area contributed by atoms with Crippen LogP contribution in [0.2, 0.25) is 0 Å². The molecule has 0 N–H and O–H groups in total. The van der Waals surface area contributed by atoms with Gasteiger partial charge in [0.2, 0.25) is 0 Å². The number of carbonyl (C=O) groups excluding carboxylic acids is 1. The second-order valence-electron chi connectivity index (χ2n) is 7.34. The third kappa shape index (κ3) is 4.88. The van der Waals surface area contributed by atoms with Gasteiger partial charge in [0.1, 0.15) is 18.9 Å². The van der Waals surface area contributed by atoms with Crippen LogP contribution in [0.3, 0.4) is 0 Å². The normalized spacial score (nSPS) is 12.7. The molecule has 2 aromatic carbocycles. The molecule has 1 aliphatic heterocycles. The first-order chi connectivity index (χ1) is 15.7. The lowest BCUT2D eigenvalue weighted by molar-refractivity contribution is 0.0982. The number of ether oxygens (including phenoxy) is 2. The minimum absolute atomic E-state index is 0.209. The second-order valence-corrected chi connectivity index (χ2v) is 7.34. The number of aryl methyl sites for hydroxylation is 1. The summed E-state index contributed by atoms with van der Waals surface area (Å²) in [6, 6.07) is 18.2. The smallest absolute Gasteiger partial charge is 0.279 e. The van der Waals surface area contributed by atoms with Gasteiger partial charge in [0.05, 0.1) is 0 Å². The van der Waals surface area contributed by atoms with E-state index in [1.807, 2.05) is 55.5 Å². The van der Waals surface area contributed by atoms with Gasteiger partial charge in [-0.15, -0.1) is 0 Å². The van der Waals surface area contributed by atoms with Crippen LogP contribution in [-0.4, -0.2) is 35.4 Å². The lowest BCUT2D eigenvalue weighted by Crippen LogP contribution is -2.34. The van der Waals surface area contributed by atoms with E-state index < -0.39 is 0 Å². The van der Waals surface area contributed by atoms with E-state index in [0.29, 0.717) is 43.5 Å². The maximum absolute atomic E-state index is 13.5. The molecule has 32 heavy (non-hydrogen) atoms. The summed E-state index contributed by atoms with van der Waals surface area (Å²) in [5.74, 6) is 0.952. The molecule has 1 amide bonds. The third-order valence-corrected chi connectivity index (χ3v) is 5.00. The van der Waals surface area contributed by atoms with E-state index >= 15 is 0 Å². The predicted molar refractivity (Wildman–Crippen MR) is 123 cm³/mol. The van der Waals surface area contributed by atoms with Gasteiger partial charge in [-0.1, -0.05) is 49.4 Å². The summed E-state index contributed by atoms with van der Waals surface area (Å²) >= 11 is 0. The van der Waals surface area contributed by atoms with Gasteiger partial charge in [0, 0.05) is 30.9 Å². The largest absolute Gasteiger partial charge is 0.486 e. The molecule has 0 unspecified atom stereocenters. The Kier molecular flexibility index (Phi) is 6.65. The van der Waals surface area contributed by atoms with Crippen LogP contribution in [0.25, 0.3) is 6.08 Å². The van der Waals surface area contributed by atoms with Gasteiger partial charge < -0.3 is 14.4 Å². The summed E-state index contributed by atoms with van der Waals surface area (Å²) in [6.07, 6.45) is 4.63. The number of nitrogens with zero attached hydrogens (tertiary/aromatic N) is 3.